The molecule has 3 aromatic rings. The maximum absolute atomic E-state index is 13.1. The molecule has 1 N–H and O–H groups in total. The van der Waals surface area contributed by atoms with Crippen molar-refractivity contribution in [3.63, 3.8) is 0 Å². The van der Waals surface area contributed by atoms with Crippen molar-refractivity contribution in [2.45, 2.75) is 19.9 Å². The molecule has 0 spiro atoms. The lowest BCUT2D eigenvalue weighted by atomic mass is 10.2. The fraction of sp³-hybridized carbons (Fsp3) is 0.280. The number of rotatable bonds is 11. The number of methoxy groups -OCH3 is 1. The minimum absolute atomic E-state index is 0.0813. The maximum atomic E-state index is 13.1. The molecule has 0 aliphatic heterocycles. The minimum Gasteiger partial charge on any atom is -0.495 e. The zero-order chi connectivity index (χ0) is 24.3. The molecule has 0 bridgehead atoms. The van der Waals surface area contributed by atoms with Crippen LogP contribution in [-0.2, 0) is 11.3 Å². The first kappa shape index (κ1) is 24.5. The molecule has 0 unspecified atom stereocenters. The van der Waals surface area contributed by atoms with Gasteiger partial charge in [-0.15, -0.1) is 0 Å². The number of nitrogens with one attached hydrogen (secondary N) is 1. The normalized spacial score (nSPS) is 10.4. The van der Waals surface area contributed by atoms with E-state index in [1.165, 1.54) is 28.8 Å². The van der Waals surface area contributed by atoms with Crippen molar-refractivity contribution < 1.29 is 19.1 Å². The van der Waals surface area contributed by atoms with Crippen LogP contribution in [-0.4, -0.2) is 53.3 Å². The number of nitrogens with zero attached hydrogens (tertiary/aromatic N) is 3. The summed E-state index contributed by atoms with van der Waals surface area (Å²) in [5, 5.41) is 6.98. The van der Waals surface area contributed by atoms with E-state index in [1.54, 1.807) is 24.3 Å². The molecule has 1 heterocycles. The van der Waals surface area contributed by atoms with E-state index in [1.807, 2.05) is 37.3 Å². The standard InChI is InChI=1S/C25H28N4O5/c1-3-15-28(18-23(30)26-20-11-7-8-12-22(20)33-2)25(32)21-13-14-24(31)29(27-21)16-17-34-19-9-5-4-6-10-19/h4-14H,3,15-18H2,1-2H3,(H,26,30). The molecule has 0 fully saturated rings. The van der Waals surface area contributed by atoms with Crippen molar-refractivity contribution in [1.82, 2.24) is 14.7 Å². The number of hydrogen-bond acceptors (Lipinski definition) is 6. The Bertz CT molecular complexity index is 1160. The Hall–Kier alpha value is -4.14. The van der Waals surface area contributed by atoms with Crippen LogP contribution in [0.2, 0.25) is 0 Å². The number of hydrogen-bond donors (Lipinski definition) is 1. The first-order valence-electron chi connectivity index (χ1n) is 11.0. The van der Waals surface area contributed by atoms with Gasteiger partial charge in [0.25, 0.3) is 11.5 Å². The van der Waals surface area contributed by atoms with Gasteiger partial charge in [-0.2, -0.15) is 5.10 Å². The molecule has 3 rings (SSSR count). The van der Waals surface area contributed by atoms with Crippen molar-refractivity contribution in [2.75, 3.05) is 32.1 Å². The highest BCUT2D eigenvalue weighted by atomic mass is 16.5. The van der Waals surface area contributed by atoms with E-state index in [0.717, 1.165) is 0 Å². The highest BCUT2D eigenvalue weighted by Crippen LogP contribution is 2.22. The van der Waals surface area contributed by atoms with E-state index in [-0.39, 0.29) is 36.9 Å². The lowest BCUT2D eigenvalue weighted by Crippen LogP contribution is -2.40. The molecule has 1 aromatic heterocycles. The van der Waals surface area contributed by atoms with Crippen LogP contribution in [0.25, 0.3) is 0 Å². The van der Waals surface area contributed by atoms with Gasteiger partial charge >= 0.3 is 0 Å². The first-order chi connectivity index (χ1) is 16.5. The zero-order valence-corrected chi connectivity index (χ0v) is 19.3. The Morgan fingerprint density at radius 3 is 2.50 bits per heavy atom. The third kappa shape index (κ3) is 6.68. The third-order valence-corrected chi connectivity index (χ3v) is 4.90. The Kier molecular flexibility index (Phi) is 8.79. The van der Waals surface area contributed by atoms with E-state index < -0.39 is 5.91 Å². The quantitative estimate of drug-likeness (QED) is 0.468. The number of amides is 2. The van der Waals surface area contributed by atoms with Gasteiger partial charge in [0.2, 0.25) is 5.91 Å². The summed E-state index contributed by atoms with van der Waals surface area (Å²) in [7, 11) is 1.52. The van der Waals surface area contributed by atoms with Crippen LogP contribution in [0.5, 0.6) is 11.5 Å². The molecule has 0 aliphatic rings. The molecule has 2 aromatic carbocycles. The zero-order valence-electron chi connectivity index (χ0n) is 19.3. The number of carbonyl (C=O) groups excluding carboxylic acids is 2. The summed E-state index contributed by atoms with van der Waals surface area (Å²) >= 11 is 0. The van der Waals surface area contributed by atoms with Gasteiger partial charge in [-0.3, -0.25) is 14.4 Å². The van der Waals surface area contributed by atoms with Crippen molar-refractivity contribution in [2.24, 2.45) is 0 Å². The highest BCUT2D eigenvalue weighted by molar-refractivity contribution is 5.99. The number of benzene rings is 2. The molecular formula is C25H28N4O5. The van der Waals surface area contributed by atoms with E-state index in [0.29, 0.717) is 30.2 Å². The fourth-order valence-corrected chi connectivity index (χ4v) is 3.29. The molecule has 9 heteroatoms. The Morgan fingerprint density at radius 2 is 1.76 bits per heavy atom. The van der Waals surface area contributed by atoms with Crippen LogP contribution in [0.1, 0.15) is 23.8 Å². The summed E-state index contributed by atoms with van der Waals surface area (Å²) in [6.07, 6.45) is 0.651. The Morgan fingerprint density at radius 1 is 1.03 bits per heavy atom. The number of carbonyl (C=O) groups is 2. The predicted molar refractivity (Wildman–Crippen MR) is 128 cm³/mol. The monoisotopic (exact) mass is 464 g/mol. The fourth-order valence-electron chi connectivity index (χ4n) is 3.29. The molecule has 178 valence electrons. The van der Waals surface area contributed by atoms with Gasteiger partial charge in [-0.05, 0) is 36.8 Å². The molecule has 9 nitrogen and oxygen atoms in total. The summed E-state index contributed by atoms with van der Waals surface area (Å²) in [6, 6.07) is 18.9. The first-order valence-corrected chi connectivity index (χ1v) is 11.0. The second kappa shape index (κ2) is 12.2. The van der Waals surface area contributed by atoms with Crippen molar-refractivity contribution in [1.29, 1.82) is 0 Å². The number of para-hydroxylation sites is 3. The maximum Gasteiger partial charge on any atom is 0.274 e. The smallest absolute Gasteiger partial charge is 0.274 e. The molecule has 0 saturated carbocycles. The van der Waals surface area contributed by atoms with Crippen LogP contribution in [0.4, 0.5) is 5.69 Å². The van der Waals surface area contributed by atoms with Gasteiger partial charge < -0.3 is 19.7 Å². The van der Waals surface area contributed by atoms with Crippen LogP contribution < -0.4 is 20.3 Å². The number of aromatic nitrogens is 2. The molecule has 0 atom stereocenters. The van der Waals surface area contributed by atoms with Gasteiger partial charge in [0.1, 0.15) is 30.3 Å². The van der Waals surface area contributed by atoms with Crippen LogP contribution in [0, 0.1) is 0 Å². The lowest BCUT2D eigenvalue weighted by Gasteiger charge is -2.21. The van der Waals surface area contributed by atoms with E-state index >= 15 is 0 Å². The predicted octanol–water partition coefficient (Wildman–Crippen LogP) is 2.82. The third-order valence-electron chi connectivity index (χ3n) is 4.90. The van der Waals surface area contributed by atoms with Crippen LogP contribution in [0.15, 0.2) is 71.5 Å². The van der Waals surface area contributed by atoms with E-state index in [2.05, 4.69) is 10.4 Å². The highest BCUT2D eigenvalue weighted by Gasteiger charge is 2.21. The molecular weight excluding hydrogens is 436 g/mol. The molecule has 0 radical (unpaired) electrons. The topological polar surface area (TPSA) is 103 Å². The summed E-state index contributed by atoms with van der Waals surface area (Å²) in [6.45, 7) is 2.50. The lowest BCUT2D eigenvalue weighted by molar-refractivity contribution is -0.116. The summed E-state index contributed by atoms with van der Waals surface area (Å²) in [4.78, 5) is 39.4. The molecule has 0 saturated heterocycles. The van der Waals surface area contributed by atoms with Gasteiger partial charge in [-0.25, -0.2) is 4.68 Å². The van der Waals surface area contributed by atoms with Gasteiger partial charge in [0.05, 0.1) is 19.3 Å². The van der Waals surface area contributed by atoms with Crippen molar-refractivity contribution >= 4 is 17.5 Å². The minimum atomic E-state index is -0.435. The second-order valence-electron chi connectivity index (χ2n) is 7.42. The number of anilines is 1. The van der Waals surface area contributed by atoms with Crippen LogP contribution >= 0.6 is 0 Å². The second-order valence-corrected chi connectivity index (χ2v) is 7.42. The van der Waals surface area contributed by atoms with Gasteiger partial charge in [0, 0.05) is 12.6 Å². The molecule has 2 amide bonds. The summed E-state index contributed by atoms with van der Waals surface area (Å²) in [5.41, 5.74) is 0.256. The van der Waals surface area contributed by atoms with E-state index in [4.69, 9.17) is 9.47 Å². The Balaban J connectivity index is 1.67. The average molecular weight is 465 g/mol. The van der Waals surface area contributed by atoms with Crippen molar-refractivity contribution in [3.8, 4) is 11.5 Å². The van der Waals surface area contributed by atoms with Crippen LogP contribution in [0.3, 0.4) is 0 Å². The van der Waals surface area contributed by atoms with Gasteiger partial charge in [-0.1, -0.05) is 37.3 Å². The average Bonchev–Trinajstić information content (AvgIpc) is 2.85. The SMILES string of the molecule is CCCN(CC(=O)Nc1ccccc1OC)C(=O)c1ccc(=O)n(CCOc2ccccc2)n1. The Labute approximate surface area is 197 Å². The van der Waals surface area contributed by atoms with E-state index in [9.17, 15) is 14.4 Å². The summed E-state index contributed by atoms with van der Waals surface area (Å²) < 4.78 is 12.1. The molecule has 0 aliphatic carbocycles. The molecule has 34 heavy (non-hydrogen) atoms. The largest absolute Gasteiger partial charge is 0.495 e. The van der Waals surface area contributed by atoms with Crippen molar-refractivity contribution in [3.05, 3.63) is 82.8 Å². The number of ether oxygens (including phenoxy) is 2. The van der Waals surface area contributed by atoms with Gasteiger partial charge in [0.15, 0.2) is 0 Å². The summed E-state index contributed by atoms with van der Waals surface area (Å²) in [5.74, 6) is 0.402.